The van der Waals surface area contributed by atoms with E-state index in [4.69, 9.17) is 31.3 Å². The van der Waals surface area contributed by atoms with E-state index in [-0.39, 0.29) is 25.9 Å². The Morgan fingerprint density at radius 3 is 1.81 bits per heavy atom. The standard InChI is InChI=1S/C6H13NO3.C6H10O5/c1-6(2,3-8)4(7)5(9)10;7-4(6(10)11)2-1-3-5(8)9/h4,8H,3,7H2,1-2H3,(H,9,10);4,7H,1-3H2,(H,8,9)(H,10,11). The van der Waals surface area contributed by atoms with Crippen LogP contribution < -0.4 is 5.73 Å². The highest BCUT2D eigenvalue weighted by Gasteiger charge is 2.30. The first kappa shape index (κ1) is 21.6. The van der Waals surface area contributed by atoms with Crippen LogP contribution in [0.4, 0.5) is 0 Å². The van der Waals surface area contributed by atoms with Crippen molar-refractivity contribution in [2.24, 2.45) is 11.1 Å². The third-order valence-corrected chi connectivity index (χ3v) is 2.67. The molecule has 9 heteroatoms. The second kappa shape index (κ2) is 10.1. The molecule has 0 heterocycles. The van der Waals surface area contributed by atoms with Crippen LogP contribution in [0, 0.1) is 5.41 Å². The van der Waals surface area contributed by atoms with E-state index in [0.29, 0.717) is 0 Å². The molecule has 0 aromatic rings. The summed E-state index contributed by atoms with van der Waals surface area (Å²) in [7, 11) is 0. The fourth-order valence-electron chi connectivity index (χ4n) is 1.00. The van der Waals surface area contributed by atoms with Crippen LogP contribution in [0.15, 0.2) is 0 Å². The molecule has 0 rings (SSSR count). The van der Waals surface area contributed by atoms with Crippen LogP contribution in [0.3, 0.4) is 0 Å². The quantitative estimate of drug-likeness (QED) is 0.331. The van der Waals surface area contributed by atoms with E-state index in [1.165, 1.54) is 0 Å². The van der Waals surface area contributed by atoms with Crippen LogP contribution in [0.1, 0.15) is 33.1 Å². The molecule has 0 aromatic carbocycles. The van der Waals surface area contributed by atoms with Crippen molar-refractivity contribution in [2.45, 2.75) is 45.3 Å². The van der Waals surface area contributed by atoms with Crippen LogP contribution in [-0.2, 0) is 14.4 Å². The number of aliphatic hydroxyl groups is 2. The Morgan fingerprint density at radius 2 is 1.57 bits per heavy atom. The molecule has 0 aromatic heterocycles. The van der Waals surface area contributed by atoms with Crippen molar-refractivity contribution in [3.63, 3.8) is 0 Å². The maximum absolute atomic E-state index is 10.3. The lowest BCUT2D eigenvalue weighted by Gasteiger charge is -2.25. The molecule has 2 atom stereocenters. The summed E-state index contributed by atoms with van der Waals surface area (Å²) in [6.07, 6.45) is -1.37. The fourth-order valence-corrected chi connectivity index (χ4v) is 1.00. The number of carbonyl (C=O) groups is 3. The second-order valence-electron chi connectivity index (χ2n) is 5.10. The number of hydrogen-bond donors (Lipinski definition) is 6. The number of aliphatic hydroxyl groups excluding tert-OH is 2. The zero-order valence-electron chi connectivity index (χ0n) is 12.0. The highest BCUT2D eigenvalue weighted by atomic mass is 16.4. The molecule has 0 saturated carbocycles. The van der Waals surface area contributed by atoms with Gasteiger partial charge in [-0.15, -0.1) is 0 Å². The minimum atomic E-state index is -1.44. The highest BCUT2D eigenvalue weighted by Crippen LogP contribution is 2.17. The van der Waals surface area contributed by atoms with Gasteiger partial charge in [-0.3, -0.25) is 9.59 Å². The summed E-state index contributed by atoms with van der Waals surface area (Å²) >= 11 is 0. The van der Waals surface area contributed by atoms with Crippen LogP contribution >= 0.6 is 0 Å². The van der Waals surface area contributed by atoms with Crippen molar-refractivity contribution < 1.29 is 39.9 Å². The lowest BCUT2D eigenvalue weighted by molar-refractivity contribution is -0.147. The predicted molar refractivity (Wildman–Crippen MR) is 71.6 cm³/mol. The Bertz CT molecular complexity index is 355. The molecule has 21 heavy (non-hydrogen) atoms. The summed E-state index contributed by atoms with van der Waals surface area (Å²) in [5.41, 5.74) is 4.50. The van der Waals surface area contributed by atoms with Crippen LogP contribution in [0.5, 0.6) is 0 Å². The van der Waals surface area contributed by atoms with Gasteiger partial charge in [0.2, 0.25) is 0 Å². The van der Waals surface area contributed by atoms with E-state index in [1.807, 2.05) is 0 Å². The topological polar surface area (TPSA) is 178 Å². The molecule has 0 fully saturated rings. The molecule has 7 N–H and O–H groups in total. The summed E-state index contributed by atoms with van der Waals surface area (Å²) in [6, 6.07) is -1.00. The molecule has 0 bridgehead atoms. The van der Waals surface area contributed by atoms with Gasteiger partial charge in [-0.25, -0.2) is 4.79 Å². The second-order valence-corrected chi connectivity index (χ2v) is 5.10. The smallest absolute Gasteiger partial charge is 0.332 e. The van der Waals surface area contributed by atoms with E-state index < -0.39 is 35.5 Å². The maximum atomic E-state index is 10.3. The lowest BCUT2D eigenvalue weighted by atomic mass is 9.86. The Labute approximate surface area is 122 Å². The first-order valence-electron chi connectivity index (χ1n) is 6.17. The van der Waals surface area contributed by atoms with Crippen molar-refractivity contribution in [3.8, 4) is 0 Å². The molecule has 0 saturated heterocycles. The third-order valence-electron chi connectivity index (χ3n) is 2.67. The molecule has 0 radical (unpaired) electrons. The average Bonchev–Trinajstić information content (AvgIpc) is 2.37. The van der Waals surface area contributed by atoms with Gasteiger partial charge in [0.1, 0.15) is 6.04 Å². The van der Waals surface area contributed by atoms with Gasteiger partial charge in [0.15, 0.2) is 6.10 Å². The van der Waals surface area contributed by atoms with Gasteiger partial charge in [-0.05, 0) is 12.8 Å². The van der Waals surface area contributed by atoms with E-state index in [1.54, 1.807) is 13.8 Å². The zero-order valence-corrected chi connectivity index (χ0v) is 12.0. The molecular formula is C12H23NO8. The normalized spacial score (nSPS) is 13.6. The Morgan fingerprint density at radius 1 is 1.10 bits per heavy atom. The molecule has 0 aliphatic rings. The summed E-state index contributed by atoms with van der Waals surface area (Å²) in [6.45, 7) is 2.98. The van der Waals surface area contributed by atoms with Gasteiger partial charge in [0.25, 0.3) is 0 Å². The first-order chi connectivity index (χ1) is 9.45. The van der Waals surface area contributed by atoms with Gasteiger partial charge in [-0.1, -0.05) is 13.8 Å². The molecule has 124 valence electrons. The Kier molecular flexibility index (Phi) is 10.4. The molecule has 0 spiro atoms. The van der Waals surface area contributed by atoms with Crippen molar-refractivity contribution >= 4 is 17.9 Å². The van der Waals surface area contributed by atoms with Crippen molar-refractivity contribution in [3.05, 3.63) is 0 Å². The lowest BCUT2D eigenvalue weighted by Crippen LogP contribution is -2.45. The monoisotopic (exact) mass is 309 g/mol. The van der Waals surface area contributed by atoms with Crippen molar-refractivity contribution in [1.29, 1.82) is 0 Å². The van der Waals surface area contributed by atoms with Gasteiger partial charge in [-0.2, -0.15) is 0 Å². The van der Waals surface area contributed by atoms with E-state index in [2.05, 4.69) is 0 Å². The minimum Gasteiger partial charge on any atom is -0.481 e. The van der Waals surface area contributed by atoms with E-state index in [9.17, 15) is 14.4 Å². The van der Waals surface area contributed by atoms with Gasteiger partial charge >= 0.3 is 17.9 Å². The number of rotatable bonds is 8. The Balaban J connectivity index is 0. The number of aliphatic carboxylic acids is 3. The van der Waals surface area contributed by atoms with Gasteiger partial charge in [0.05, 0.1) is 6.61 Å². The van der Waals surface area contributed by atoms with Crippen LogP contribution in [0.2, 0.25) is 0 Å². The SMILES string of the molecule is CC(C)(CO)C(N)C(=O)O.O=C(O)CCCC(O)C(=O)O. The predicted octanol–water partition coefficient (Wildman–Crippen LogP) is -0.896. The Hall–Kier alpha value is -1.71. The fraction of sp³-hybridized carbons (Fsp3) is 0.750. The van der Waals surface area contributed by atoms with E-state index in [0.717, 1.165) is 0 Å². The zero-order chi connectivity index (χ0) is 17.2. The molecule has 2 unspecified atom stereocenters. The van der Waals surface area contributed by atoms with Gasteiger partial charge < -0.3 is 31.3 Å². The van der Waals surface area contributed by atoms with Gasteiger partial charge in [0, 0.05) is 11.8 Å². The van der Waals surface area contributed by atoms with Crippen molar-refractivity contribution in [1.82, 2.24) is 0 Å². The van der Waals surface area contributed by atoms with Crippen LogP contribution in [-0.4, -0.2) is 62.2 Å². The number of nitrogens with two attached hydrogens (primary N) is 1. The highest BCUT2D eigenvalue weighted by molar-refractivity contribution is 5.74. The minimum absolute atomic E-state index is 0.0123. The van der Waals surface area contributed by atoms with Crippen LogP contribution in [0.25, 0.3) is 0 Å². The maximum Gasteiger partial charge on any atom is 0.332 e. The average molecular weight is 309 g/mol. The molecule has 0 aliphatic heterocycles. The number of hydrogen-bond acceptors (Lipinski definition) is 6. The van der Waals surface area contributed by atoms with E-state index >= 15 is 0 Å². The summed E-state index contributed by atoms with van der Waals surface area (Å²) in [5, 5.41) is 42.0. The largest absolute Gasteiger partial charge is 0.481 e. The summed E-state index contributed by atoms with van der Waals surface area (Å²) in [5.74, 6) is -3.38. The molecular weight excluding hydrogens is 286 g/mol. The summed E-state index contributed by atoms with van der Waals surface area (Å²) in [4.78, 5) is 30.2. The first-order valence-corrected chi connectivity index (χ1v) is 6.17. The molecule has 0 aliphatic carbocycles. The summed E-state index contributed by atoms with van der Waals surface area (Å²) < 4.78 is 0. The number of carboxylic acids is 3. The number of carboxylic acid groups (broad SMARTS) is 3. The molecule has 9 nitrogen and oxygen atoms in total. The third kappa shape index (κ3) is 10.7. The molecule has 0 amide bonds. The van der Waals surface area contributed by atoms with Crippen molar-refractivity contribution in [2.75, 3.05) is 6.61 Å².